The minimum absolute atomic E-state index is 0.0612. The summed E-state index contributed by atoms with van der Waals surface area (Å²) < 4.78 is 48.8. The molecule has 3 aromatic rings. The van der Waals surface area contributed by atoms with E-state index in [0.29, 0.717) is 6.54 Å². The normalized spacial score (nSPS) is 14.0. The molecule has 7 nitrogen and oxygen atoms in total. The fourth-order valence-electron chi connectivity index (χ4n) is 2.61. The lowest BCUT2D eigenvalue weighted by atomic mass is 10.0. The molecule has 0 saturated carbocycles. The number of hydrogen-bond acceptors (Lipinski definition) is 6. The molecule has 0 fully saturated rings. The Kier molecular flexibility index (Phi) is 6.24. The van der Waals surface area contributed by atoms with Crippen LogP contribution >= 0.6 is 38.9 Å². The standard InChI is InChI=1S/C16H13BrClF3N4O3S/c1-6(19)11(24-15(26)27)16(20,21)12-8(17)9-10(28-12)13(25-14(18)23-9)22-5-7-3-2-4-29-7/h2-4,6,11,24H,5H2,1H3,(H,26,27)(H,22,23,25)/t6-,11-/m0/s1. The zero-order valence-electron chi connectivity index (χ0n) is 14.6. The van der Waals surface area contributed by atoms with E-state index in [9.17, 15) is 18.0 Å². The van der Waals surface area contributed by atoms with Gasteiger partial charge in [-0.05, 0) is 45.9 Å². The third-order valence-corrected chi connectivity index (χ3v) is 5.67. The highest BCUT2D eigenvalue weighted by molar-refractivity contribution is 9.10. The number of aromatic nitrogens is 2. The van der Waals surface area contributed by atoms with E-state index in [0.717, 1.165) is 11.8 Å². The van der Waals surface area contributed by atoms with Crippen molar-refractivity contribution in [1.82, 2.24) is 15.3 Å². The van der Waals surface area contributed by atoms with Gasteiger partial charge in [0.05, 0.1) is 11.0 Å². The molecule has 29 heavy (non-hydrogen) atoms. The van der Waals surface area contributed by atoms with Crippen molar-refractivity contribution in [1.29, 1.82) is 0 Å². The van der Waals surface area contributed by atoms with Crippen molar-refractivity contribution in [3.63, 3.8) is 0 Å². The highest BCUT2D eigenvalue weighted by Crippen LogP contribution is 2.44. The van der Waals surface area contributed by atoms with Crippen LogP contribution in [0, 0.1) is 0 Å². The average molecular weight is 514 g/mol. The maximum Gasteiger partial charge on any atom is 0.405 e. The average Bonchev–Trinajstić information content (AvgIpc) is 3.26. The molecule has 3 heterocycles. The first-order valence-electron chi connectivity index (χ1n) is 8.04. The number of nitrogens with one attached hydrogen (secondary N) is 2. The van der Waals surface area contributed by atoms with Crippen LogP contribution in [-0.4, -0.2) is 33.4 Å². The van der Waals surface area contributed by atoms with Gasteiger partial charge in [-0.3, -0.25) is 0 Å². The van der Waals surface area contributed by atoms with E-state index in [1.54, 1.807) is 0 Å². The number of fused-ring (bicyclic) bond motifs is 1. The van der Waals surface area contributed by atoms with Gasteiger partial charge in [0.25, 0.3) is 0 Å². The summed E-state index contributed by atoms with van der Waals surface area (Å²) in [5, 5.41) is 14.9. The lowest BCUT2D eigenvalue weighted by Crippen LogP contribution is -2.50. The van der Waals surface area contributed by atoms with Crippen LogP contribution in [0.4, 0.5) is 23.8 Å². The molecule has 0 unspecified atom stereocenters. The number of carbonyl (C=O) groups is 1. The maximum absolute atomic E-state index is 15.0. The second kappa shape index (κ2) is 8.36. The van der Waals surface area contributed by atoms with Gasteiger partial charge in [-0.15, -0.1) is 11.3 Å². The molecule has 0 aliphatic rings. The van der Waals surface area contributed by atoms with Crippen LogP contribution < -0.4 is 10.6 Å². The van der Waals surface area contributed by atoms with Crippen molar-refractivity contribution in [2.45, 2.75) is 31.6 Å². The second-order valence-corrected chi connectivity index (χ2v) is 8.09. The summed E-state index contributed by atoms with van der Waals surface area (Å²) in [5.74, 6) is -4.97. The van der Waals surface area contributed by atoms with Crippen molar-refractivity contribution in [3.8, 4) is 0 Å². The number of rotatable bonds is 7. The fraction of sp³-hybridized carbons (Fsp3) is 0.312. The molecule has 0 radical (unpaired) electrons. The van der Waals surface area contributed by atoms with Gasteiger partial charge in [-0.1, -0.05) is 6.07 Å². The molecule has 0 aliphatic heterocycles. The van der Waals surface area contributed by atoms with Crippen molar-refractivity contribution in [2.75, 3.05) is 5.32 Å². The molecule has 3 rings (SSSR count). The minimum Gasteiger partial charge on any atom is -0.465 e. The van der Waals surface area contributed by atoms with E-state index in [4.69, 9.17) is 21.1 Å². The molecule has 3 N–H and O–H groups in total. The number of carboxylic acid groups (broad SMARTS) is 1. The van der Waals surface area contributed by atoms with Crippen LogP contribution in [-0.2, 0) is 12.5 Å². The van der Waals surface area contributed by atoms with Gasteiger partial charge in [0, 0.05) is 4.88 Å². The molecule has 3 aromatic heterocycles. The van der Waals surface area contributed by atoms with Crippen molar-refractivity contribution in [3.05, 3.63) is 37.9 Å². The Hall–Kier alpha value is -2.05. The van der Waals surface area contributed by atoms with Crippen LogP contribution in [0.25, 0.3) is 11.1 Å². The molecule has 156 valence electrons. The van der Waals surface area contributed by atoms with Gasteiger partial charge >= 0.3 is 12.0 Å². The first kappa shape index (κ1) is 21.7. The lowest BCUT2D eigenvalue weighted by Gasteiger charge is -2.26. The minimum atomic E-state index is -4.04. The number of nitrogens with zero attached hydrogens (tertiary/aromatic N) is 2. The number of thiophene rings is 1. The van der Waals surface area contributed by atoms with Gasteiger partial charge in [0.2, 0.25) is 5.28 Å². The van der Waals surface area contributed by atoms with Crippen molar-refractivity contribution >= 4 is 61.9 Å². The summed E-state index contributed by atoms with van der Waals surface area (Å²) in [6, 6.07) is 1.32. The highest BCUT2D eigenvalue weighted by atomic mass is 79.9. The predicted octanol–water partition coefficient (Wildman–Crippen LogP) is 5.40. The third-order valence-electron chi connectivity index (χ3n) is 3.89. The first-order chi connectivity index (χ1) is 13.6. The Balaban J connectivity index is 2.06. The molecule has 2 atom stereocenters. The van der Waals surface area contributed by atoms with Crippen LogP contribution in [0.2, 0.25) is 5.28 Å². The SMILES string of the molecule is C[C@H](F)[C@H](NC(=O)O)C(F)(F)c1oc2c(NCc3cccs3)nc(Cl)nc2c1Br. The smallest absolute Gasteiger partial charge is 0.405 e. The Morgan fingerprint density at radius 3 is 2.79 bits per heavy atom. The van der Waals surface area contributed by atoms with E-state index in [1.807, 2.05) is 17.5 Å². The summed E-state index contributed by atoms with van der Waals surface area (Å²) in [5.41, 5.74) is -0.193. The molecule has 0 saturated heterocycles. The highest BCUT2D eigenvalue weighted by Gasteiger charge is 2.50. The number of hydrogen-bond donors (Lipinski definition) is 3. The zero-order valence-corrected chi connectivity index (χ0v) is 17.7. The monoisotopic (exact) mass is 512 g/mol. The molecule has 0 aliphatic carbocycles. The van der Waals surface area contributed by atoms with Crippen LogP contribution in [0.3, 0.4) is 0 Å². The topological polar surface area (TPSA) is 100 Å². The van der Waals surface area contributed by atoms with Crippen LogP contribution in [0.1, 0.15) is 17.6 Å². The molecule has 13 heteroatoms. The molecule has 0 aromatic carbocycles. The number of anilines is 1. The van der Waals surface area contributed by atoms with Crippen LogP contribution in [0.15, 0.2) is 26.4 Å². The molecular weight excluding hydrogens is 501 g/mol. The van der Waals surface area contributed by atoms with Crippen LogP contribution in [0.5, 0.6) is 0 Å². The van der Waals surface area contributed by atoms with Gasteiger partial charge in [0.1, 0.15) is 17.7 Å². The van der Waals surface area contributed by atoms with E-state index in [1.165, 1.54) is 16.7 Å². The first-order valence-corrected chi connectivity index (χ1v) is 10.1. The zero-order chi connectivity index (χ0) is 21.3. The molecule has 1 amide bonds. The summed E-state index contributed by atoms with van der Waals surface area (Å²) in [6.45, 7) is 1.14. The van der Waals surface area contributed by atoms with E-state index < -0.39 is 30.0 Å². The Labute approximate surface area is 179 Å². The van der Waals surface area contributed by atoms with E-state index in [2.05, 4.69) is 31.2 Å². The largest absolute Gasteiger partial charge is 0.465 e. The molecule has 0 bridgehead atoms. The third kappa shape index (κ3) is 4.43. The quantitative estimate of drug-likeness (QED) is 0.366. The van der Waals surface area contributed by atoms with E-state index in [-0.39, 0.29) is 26.7 Å². The van der Waals surface area contributed by atoms with Gasteiger partial charge in [-0.2, -0.15) is 13.8 Å². The predicted molar refractivity (Wildman–Crippen MR) is 106 cm³/mol. The number of alkyl halides is 3. The lowest BCUT2D eigenvalue weighted by molar-refractivity contribution is -0.0789. The van der Waals surface area contributed by atoms with Gasteiger partial charge in [-0.25, -0.2) is 14.2 Å². The number of halogens is 5. The second-order valence-electron chi connectivity index (χ2n) is 5.92. The Bertz CT molecular complexity index is 1030. The number of amides is 1. The fourth-order valence-corrected chi connectivity index (χ4v) is 4.04. The summed E-state index contributed by atoms with van der Waals surface area (Å²) in [4.78, 5) is 19.7. The Morgan fingerprint density at radius 1 is 1.48 bits per heavy atom. The van der Waals surface area contributed by atoms with Crippen molar-refractivity contribution in [2.24, 2.45) is 0 Å². The number of furan rings is 1. The summed E-state index contributed by atoms with van der Waals surface area (Å²) >= 11 is 10.4. The Morgan fingerprint density at radius 2 is 2.21 bits per heavy atom. The van der Waals surface area contributed by atoms with Crippen molar-refractivity contribution < 1.29 is 27.5 Å². The summed E-state index contributed by atoms with van der Waals surface area (Å²) in [6.07, 6.45) is -4.01. The van der Waals surface area contributed by atoms with Gasteiger partial charge < -0.3 is 20.2 Å². The maximum atomic E-state index is 15.0. The van der Waals surface area contributed by atoms with E-state index >= 15 is 0 Å². The molecule has 0 spiro atoms. The summed E-state index contributed by atoms with van der Waals surface area (Å²) in [7, 11) is 0. The molecular formula is C16H13BrClF3N4O3S. The van der Waals surface area contributed by atoms with Gasteiger partial charge in [0.15, 0.2) is 17.2 Å².